The molecule has 2 aromatic rings. The van der Waals surface area contributed by atoms with Crippen LogP contribution in [-0.4, -0.2) is 22.3 Å². The number of anilines is 1. The summed E-state index contributed by atoms with van der Waals surface area (Å²) in [5, 5.41) is 1.94. The van der Waals surface area contributed by atoms with Crippen LogP contribution in [0.25, 0.3) is 0 Å². The molecule has 0 atom stereocenters. The van der Waals surface area contributed by atoms with Crippen molar-refractivity contribution in [3.8, 4) is 0 Å². The number of thiophene rings is 1. The van der Waals surface area contributed by atoms with E-state index in [4.69, 9.17) is 5.73 Å². The Labute approximate surface area is 114 Å². The quantitative estimate of drug-likeness (QED) is 0.935. The van der Waals surface area contributed by atoms with Gasteiger partial charge >= 0.3 is 0 Å². The van der Waals surface area contributed by atoms with Gasteiger partial charge in [0.2, 0.25) is 0 Å². The lowest BCUT2D eigenvalue weighted by Crippen LogP contribution is -2.31. The fraction of sp³-hybridized carbons (Fsp3) is 0.231. The lowest BCUT2D eigenvalue weighted by molar-refractivity contribution is 0.0749. The second kappa shape index (κ2) is 5.79. The molecule has 0 radical (unpaired) electrons. The molecule has 0 aliphatic rings. The third-order valence-electron chi connectivity index (χ3n) is 2.74. The molecule has 2 heterocycles. The molecule has 0 unspecified atom stereocenters. The molecule has 6 heteroatoms. The molecule has 0 aliphatic carbocycles. The molecule has 0 aliphatic heterocycles. The minimum atomic E-state index is -0.753. The second-order valence-corrected chi connectivity index (χ2v) is 4.99. The summed E-state index contributed by atoms with van der Waals surface area (Å²) in [6.07, 6.45) is 1.34. The number of rotatable bonds is 4. The van der Waals surface area contributed by atoms with E-state index in [2.05, 4.69) is 4.98 Å². The zero-order valence-electron chi connectivity index (χ0n) is 10.5. The topological polar surface area (TPSA) is 59.2 Å². The van der Waals surface area contributed by atoms with Crippen LogP contribution >= 0.6 is 11.3 Å². The Balaban J connectivity index is 2.23. The fourth-order valence-electron chi connectivity index (χ4n) is 1.71. The number of hydrogen-bond donors (Lipinski definition) is 1. The summed E-state index contributed by atoms with van der Waals surface area (Å²) in [6, 6.07) is 5.21. The summed E-state index contributed by atoms with van der Waals surface area (Å²) in [4.78, 5) is 18.5. The summed E-state index contributed by atoms with van der Waals surface area (Å²) < 4.78 is 13.8. The van der Waals surface area contributed by atoms with Crippen molar-refractivity contribution in [2.24, 2.45) is 0 Å². The molecule has 2 aromatic heterocycles. The average molecular weight is 279 g/mol. The third-order valence-corrected chi connectivity index (χ3v) is 3.60. The highest BCUT2D eigenvalue weighted by Crippen LogP contribution is 2.17. The lowest BCUT2D eigenvalue weighted by atomic mass is 10.2. The molecule has 100 valence electrons. The summed E-state index contributed by atoms with van der Waals surface area (Å²) in [5.74, 6) is -1.38. The van der Waals surface area contributed by atoms with Crippen molar-refractivity contribution < 1.29 is 9.18 Å². The molecule has 0 saturated heterocycles. The SMILES string of the molecule is CCN(Cc1cccs1)C(=O)c1ccnc(N)c1F. The normalized spacial score (nSPS) is 10.4. The first-order valence-corrected chi connectivity index (χ1v) is 6.73. The molecular formula is C13H14FN3OS. The molecule has 2 N–H and O–H groups in total. The smallest absolute Gasteiger partial charge is 0.257 e. The predicted octanol–water partition coefficient (Wildman–Crippen LogP) is 2.53. The van der Waals surface area contributed by atoms with Crippen molar-refractivity contribution >= 4 is 23.1 Å². The van der Waals surface area contributed by atoms with Crippen LogP contribution < -0.4 is 5.73 Å². The average Bonchev–Trinajstić information content (AvgIpc) is 2.91. The minimum Gasteiger partial charge on any atom is -0.381 e. The van der Waals surface area contributed by atoms with Gasteiger partial charge in [-0.1, -0.05) is 6.07 Å². The van der Waals surface area contributed by atoms with E-state index >= 15 is 0 Å². The van der Waals surface area contributed by atoms with Crippen LogP contribution in [-0.2, 0) is 6.54 Å². The van der Waals surface area contributed by atoms with Crippen molar-refractivity contribution in [2.75, 3.05) is 12.3 Å². The zero-order chi connectivity index (χ0) is 13.8. The summed E-state index contributed by atoms with van der Waals surface area (Å²) in [5.41, 5.74) is 5.35. The Morgan fingerprint density at radius 1 is 1.53 bits per heavy atom. The van der Waals surface area contributed by atoms with E-state index in [9.17, 15) is 9.18 Å². The number of hydrogen-bond acceptors (Lipinski definition) is 4. The Bertz CT molecular complexity index is 571. The van der Waals surface area contributed by atoms with Crippen LogP contribution in [0.5, 0.6) is 0 Å². The Morgan fingerprint density at radius 2 is 2.32 bits per heavy atom. The number of nitrogen functional groups attached to an aromatic ring is 1. The number of nitrogens with two attached hydrogens (primary N) is 1. The number of nitrogens with zero attached hydrogens (tertiary/aromatic N) is 2. The van der Waals surface area contributed by atoms with Crippen molar-refractivity contribution in [3.63, 3.8) is 0 Å². The van der Waals surface area contributed by atoms with Gasteiger partial charge in [0.05, 0.1) is 12.1 Å². The first kappa shape index (κ1) is 13.5. The van der Waals surface area contributed by atoms with Gasteiger partial charge < -0.3 is 10.6 Å². The zero-order valence-corrected chi connectivity index (χ0v) is 11.3. The number of aromatic nitrogens is 1. The highest BCUT2D eigenvalue weighted by Gasteiger charge is 2.20. The Kier molecular flexibility index (Phi) is 4.11. The number of pyridine rings is 1. The minimum absolute atomic E-state index is 0.0362. The molecule has 19 heavy (non-hydrogen) atoms. The van der Waals surface area contributed by atoms with Gasteiger partial charge in [0, 0.05) is 17.6 Å². The maximum Gasteiger partial charge on any atom is 0.257 e. The first-order chi connectivity index (χ1) is 9.13. The molecule has 0 fully saturated rings. The van der Waals surface area contributed by atoms with Crippen molar-refractivity contribution in [1.82, 2.24) is 9.88 Å². The van der Waals surface area contributed by atoms with Gasteiger partial charge in [0.25, 0.3) is 5.91 Å². The van der Waals surface area contributed by atoms with Crippen LogP contribution in [0.3, 0.4) is 0 Å². The van der Waals surface area contributed by atoms with E-state index in [1.807, 2.05) is 24.4 Å². The van der Waals surface area contributed by atoms with Gasteiger partial charge in [0.1, 0.15) is 0 Å². The maximum absolute atomic E-state index is 13.8. The fourth-order valence-corrected chi connectivity index (χ4v) is 2.43. The predicted molar refractivity (Wildman–Crippen MR) is 73.3 cm³/mol. The maximum atomic E-state index is 13.8. The largest absolute Gasteiger partial charge is 0.381 e. The standard InChI is InChI=1S/C13H14FN3OS/c1-2-17(8-9-4-3-7-19-9)13(18)10-5-6-16-12(15)11(10)14/h3-7H,2,8H2,1H3,(H2,15,16). The van der Waals surface area contributed by atoms with Gasteiger partial charge in [-0.2, -0.15) is 0 Å². The lowest BCUT2D eigenvalue weighted by Gasteiger charge is -2.20. The highest BCUT2D eigenvalue weighted by atomic mass is 32.1. The van der Waals surface area contributed by atoms with E-state index < -0.39 is 5.82 Å². The van der Waals surface area contributed by atoms with Gasteiger partial charge in [-0.15, -0.1) is 11.3 Å². The molecule has 0 saturated carbocycles. The van der Waals surface area contributed by atoms with E-state index in [-0.39, 0.29) is 17.3 Å². The van der Waals surface area contributed by atoms with E-state index in [0.29, 0.717) is 13.1 Å². The van der Waals surface area contributed by atoms with Gasteiger partial charge in [-0.25, -0.2) is 9.37 Å². The van der Waals surface area contributed by atoms with Crippen LogP contribution in [0.4, 0.5) is 10.2 Å². The van der Waals surface area contributed by atoms with E-state index in [1.54, 1.807) is 16.2 Å². The highest BCUT2D eigenvalue weighted by molar-refractivity contribution is 7.09. The monoisotopic (exact) mass is 279 g/mol. The number of halogens is 1. The van der Waals surface area contributed by atoms with Crippen molar-refractivity contribution in [2.45, 2.75) is 13.5 Å². The van der Waals surface area contributed by atoms with E-state index in [0.717, 1.165) is 4.88 Å². The third kappa shape index (κ3) is 2.90. The van der Waals surface area contributed by atoms with Gasteiger partial charge in [-0.3, -0.25) is 4.79 Å². The van der Waals surface area contributed by atoms with Crippen molar-refractivity contribution in [3.05, 3.63) is 46.0 Å². The molecule has 1 amide bonds. The second-order valence-electron chi connectivity index (χ2n) is 3.96. The number of carbonyl (C=O) groups is 1. The summed E-state index contributed by atoms with van der Waals surface area (Å²) in [6.45, 7) is 2.82. The number of amides is 1. The molecular weight excluding hydrogens is 265 g/mol. The van der Waals surface area contributed by atoms with Crippen LogP contribution in [0.2, 0.25) is 0 Å². The van der Waals surface area contributed by atoms with E-state index in [1.165, 1.54) is 12.3 Å². The Morgan fingerprint density at radius 3 is 2.95 bits per heavy atom. The van der Waals surface area contributed by atoms with Crippen LogP contribution in [0.1, 0.15) is 22.2 Å². The van der Waals surface area contributed by atoms with Crippen molar-refractivity contribution in [1.29, 1.82) is 0 Å². The van der Waals surface area contributed by atoms with Gasteiger partial charge in [0.15, 0.2) is 11.6 Å². The molecule has 2 rings (SSSR count). The molecule has 4 nitrogen and oxygen atoms in total. The van der Waals surface area contributed by atoms with Crippen LogP contribution in [0, 0.1) is 5.82 Å². The summed E-state index contributed by atoms with van der Waals surface area (Å²) in [7, 11) is 0. The Hall–Kier alpha value is -1.95. The molecule has 0 bridgehead atoms. The van der Waals surface area contributed by atoms with Crippen LogP contribution in [0.15, 0.2) is 29.8 Å². The molecule has 0 aromatic carbocycles. The summed E-state index contributed by atoms with van der Waals surface area (Å²) >= 11 is 1.56. The van der Waals surface area contributed by atoms with Gasteiger partial charge in [-0.05, 0) is 24.4 Å². The number of carbonyl (C=O) groups excluding carboxylic acids is 1. The molecule has 0 spiro atoms. The first-order valence-electron chi connectivity index (χ1n) is 5.85.